The van der Waals surface area contributed by atoms with Gasteiger partial charge >= 0.3 is 0 Å². The van der Waals surface area contributed by atoms with E-state index in [4.69, 9.17) is 16.3 Å². The van der Waals surface area contributed by atoms with Crippen molar-refractivity contribution in [2.24, 2.45) is 0 Å². The van der Waals surface area contributed by atoms with E-state index >= 15 is 0 Å². The lowest BCUT2D eigenvalue weighted by Crippen LogP contribution is -2.24. The first-order chi connectivity index (χ1) is 9.65. The highest BCUT2D eigenvalue weighted by Gasteiger charge is 2.19. The van der Waals surface area contributed by atoms with Gasteiger partial charge in [0.15, 0.2) is 0 Å². The highest BCUT2D eigenvalue weighted by molar-refractivity contribution is 6.30. The molecular weight excluding hydrogens is 281 g/mol. The third-order valence-corrected chi connectivity index (χ3v) is 3.08. The molecule has 1 atom stereocenters. The molecule has 0 spiro atoms. The molecule has 1 aromatic heterocycles. The number of aromatic nitrogens is 2. The fourth-order valence-corrected chi connectivity index (χ4v) is 2.07. The van der Waals surface area contributed by atoms with Crippen molar-refractivity contribution in [3.8, 4) is 5.88 Å². The van der Waals surface area contributed by atoms with E-state index in [0.717, 1.165) is 0 Å². The van der Waals surface area contributed by atoms with Crippen LogP contribution in [0.1, 0.15) is 24.2 Å². The summed E-state index contributed by atoms with van der Waals surface area (Å²) in [7, 11) is 1.52. The fraction of sp³-hybridized carbons (Fsp3) is 0.286. The van der Waals surface area contributed by atoms with E-state index in [1.165, 1.54) is 13.2 Å². The smallest absolute Gasteiger partial charge is 0.233 e. The maximum absolute atomic E-state index is 14.1. The molecule has 2 rings (SSSR count). The second-order valence-corrected chi connectivity index (χ2v) is 4.59. The predicted octanol–water partition coefficient (Wildman–Crippen LogP) is 2.98. The third kappa shape index (κ3) is 3.23. The summed E-state index contributed by atoms with van der Waals surface area (Å²) in [5.41, 5.74) is 1.10. The van der Waals surface area contributed by atoms with E-state index in [9.17, 15) is 4.39 Å². The molecule has 6 heteroatoms. The van der Waals surface area contributed by atoms with Crippen LogP contribution < -0.4 is 10.1 Å². The summed E-state index contributed by atoms with van der Waals surface area (Å²) in [5.74, 6) is 0.0432. The van der Waals surface area contributed by atoms with Gasteiger partial charge in [-0.2, -0.15) is 0 Å². The Kier molecular flexibility index (Phi) is 4.87. The Morgan fingerprint density at radius 1 is 1.30 bits per heavy atom. The minimum Gasteiger partial charge on any atom is -0.480 e. The number of methoxy groups -OCH3 is 1. The van der Waals surface area contributed by atoms with Crippen molar-refractivity contribution in [1.82, 2.24) is 15.5 Å². The normalized spacial score (nSPS) is 12.2. The topological polar surface area (TPSA) is 47.0 Å². The van der Waals surface area contributed by atoms with Crippen LogP contribution in [-0.2, 0) is 0 Å². The molecule has 1 N–H and O–H groups in total. The zero-order valence-electron chi connectivity index (χ0n) is 11.2. The number of rotatable bonds is 5. The van der Waals surface area contributed by atoms with Crippen LogP contribution in [0.2, 0.25) is 5.02 Å². The lowest BCUT2D eigenvalue weighted by Gasteiger charge is -2.18. The van der Waals surface area contributed by atoms with Gasteiger partial charge in [0.1, 0.15) is 5.82 Å². The van der Waals surface area contributed by atoms with E-state index in [1.54, 1.807) is 24.3 Å². The van der Waals surface area contributed by atoms with Crippen molar-refractivity contribution in [1.29, 1.82) is 0 Å². The van der Waals surface area contributed by atoms with E-state index in [-0.39, 0.29) is 11.9 Å². The maximum Gasteiger partial charge on any atom is 0.233 e. The van der Waals surface area contributed by atoms with Gasteiger partial charge in [-0.3, -0.25) is 0 Å². The standard InChI is InChI=1S/C14H15ClFN3O/c1-3-17-14(10-5-4-9(15)8-11(10)16)12-6-7-13(20-2)19-18-12/h4-8,14,17H,3H2,1-2H3. The largest absolute Gasteiger partial charge is 0.480 e. The number of nitrogens with one attached hydrogen (secondary N) is 1. The summed E-state index contributed by atoms with van der Waals surface area (Å²) >= 11 is 5.78. The van der Waals surface area contributed by atoms with Crippen LogP contribution in [0.15, 0.2) is 30.3 Å². The molecule has 4 nitrogen and oxygen atoms in total. The molecule has 1 aromatic carbocycles. The minimum atomic E-state index is -0.379. The van der Waals surface area contributed by atoms with Crippen LogP contribution in [0, 0.1) is 5.82 Å². The second-order valence-electron chi connectivity index (χ2n) is 4.16. The van der Waals surface area contributed by atoms with Crippen LogP contribution in [0.3, 0.4) is 0 Å². The van der Waals surface area contributed by atoms with Gasteiger partial charge in [-0.15, -0.1) is 10.2 Å². The average Bonchev–Trinajstić information content (AvgIpc) is 2.46. The summed E-state index contributed by atoms with van der Waals surface area (Å²) in [6, 6.07) is 7.67. The van der Waals surface area contributed by atoms with Gasteiger partial charge in [-0.25, -0.2) is 4.39 Å². The Hall–Kier alpha value is -1.72. The zero-order chi connectivity index (χ0) is 14.5. The van der Waals surface area contributed by atoms with E-state index in [0.29, 0.717) is 28.7 Å². The molecule has 1 heterocycles. The number of hydrogen-bond donors (Lipinski definition) is 1. The van der Waals surface area contributed by atoms with Crippen molar-refractivity contribution >= 4 is 11.6 Å². The summed E-state index contributed by atoms with van der Waals surface area (Å²) in [4.78, 5) is 0. The summed E-state index contributed by atoms with van der Waals surface area (Å²) in [6.07, 6.45) is 0. The van der Waals surface area contributed by atoms with Crippen molar-refractivity contribution in [2.75, 3.05) is 13.7 Å². The summed E-state index contributed by atoms with van der Waals surface area (Å²) < 4.78 is 19.0. The van der Waals surface area contributed by atoms with Gasteiger partial charge in [0.25, 0.3) is 0 Å². The van der Waals surface area contributed by atoms with Gasteiger partial charge in [-0.05, 0) is 24.7 Å². The van der Waals surface area contributed by atoms with Crippen LogP contribution in [0.5, 0.6) is 5.88 Å². The lowest BCUT2D eigenvalue weighted by molar-refractivity contribution is 0.390. The van der Waals surface area contributed by atoms with Gasteiger partial charge in [0.05, 0.1) is 18.8 Å². The van der Waals surface area contributed by atoms with Gasteiger partial charge in [0, 0.05) is 16.7 Å². The Labute approximate surface area is 121 Å². The van der Waals surface area contributed by atoms with Crippen LogP contribution in [-0.4, -0.2) is 23.9 Å². The summed E-state index contributed by atoms with van der Waals surface area (Å²) in [5, 5.41) is 11.5. The molecule has 0 aliphatic rings. The first-order valence-corrected chi connectivity index (χ1v) is 6.59. The highest BCUT2D eigenvalue weighted by Crippen LogP contribution is 2.25. The number of nitrogens with zero attached hydrogens (tertiary/aromatic N) is 2. The monoisotopic (exact) mass is 295 g/mol. The number of benzene rings is 1. The Morgan fingerprint density at radius 3 is 2.65 bits per heavy atom. The molecule has 1 unspecified atom stereocenters. The molecule has 0 amide bonds. The predicted molar refractivity (Wildman–Crippen MR) is 75.5 cm³/mol. The van der Waals surface area contributed by atoms with Crippen molar-refractivity contribution < 1.29 is 9.13 Å². The molecule has 2 aromatic rings. The van der Waals surface area contributed by atoms with E-state index in [2.05, 4.69) is 15.5 Å². The number of halogens is 2. The van der Waals surface area contributed by atoms with Gasteiger partial charge < -0.3 is 10.1 Å². The van der Waals surface area contributed by atoms with Crippen LogP contribution in [0.4, 0.5) is 4.39 Å². The zero-order valence-corrected chi connectivity index (χ0v) is 12.0. The van der Waals surface area contributed by atoms with Crippen LogP contribution >= 0.6 is 11.6 Å². The van der Waals surface area contributed by atoms with Crippen LogP contribution in [0.25, 0.3) is 0 Å². The number of hydrogen-bond acceptors (Lipinski definition) is 4. The van der Waals surface area contributed by atoms with E-state index < -0.39 is 0 Å². The van der Waals surface area contributed by atoms with E-state index in [1.807, 2.05) is 6.92 Å². The summed E-state index contributed by atoms with van der Waals surface area (Å²) in [6.45, 7) is 2.61. The molecule has 0 saturated heterocycles. The first kappa shape index (κ1) is 14.7. The Bertz CT molecular complexity index is 577. The second kappa shape index (κ2) is 6.63. The molecule has 20 heavy (non-hydrogen) atoms. The number of ether oxygens (including phenoxy) is 1. The maximum atomic E-state index is 14.1. The first-order valence-electron chi connectivity index (χ1n) is 6.21. The fourth-order valence-electron chi connectivity index (χ4n) is 1.91. The molecule has 0 aliphatic heterocycles. The lowest BCUT2D eigenvalue weighted by atomic mass is 10.0. The third-order valence-electron chi connectivity index (χ3n) is 2.85. The minimum absolute atomic E-state index is 0.363. The van der Waals surface area contributed by atoms with Crippen molar-refractivity contribution in [3.05, 3.63) is 52.4 Å². The highest BCUT2D eigenvalue weighted by atomic mass is 35.5. The van der Waals surface area contributed by atoms with Gasteiger partial charge in [-0.1, -0.05) is 24.6 Å². The molecule has 0 saturated carbocycles. The van der Waals surface area contributed by atoms with Gasteiger partial charge in [0.2, 0.25) is 5.88 Å². The SMILES string of the molecule is CCNC(c1ccc(OC)nn1)c1ccc(Cl)cc1F. The van der Waals surface area contributed by atoms with Crippen molar-refractivity contribution in [2.45, 2.75) is 13.0 Å². The van der Waals surface area contributed by atoms with Crippen molar-refractivity contribution in [3.63, 3.8) is 0 Å². The molecule has 0 radical (unpaired) electrons. The molecular formula is C14H15ClFN3O. The Morgan fingerprint density at radius 2 is 2.10 bits per heavy atom. The Balaban J connectivity index is 2.38. The molecule has 0 bridgehead atoms. The quantitative estimate of drug-likeness (QED) is 0.921. The molecule has 0 fully saturated rings. The molecule has 106 valence electrons. The molecule has 0 aliphatic carbocycles. The average molecular weight is 296 g/mol.